The Kier molecular flexibility index (Phi) is 13.3. The van der Waals surface area contributed by atoms with Gasteiger partial charge in [0.05, 0.1) is 33.0 Å². The molecule has 1 aliphatic heterocycles. The summed E-state index contributed by atoms with van der Waals surface area (Å²) in [6, 6.07) is 56.7. The van der Waals surface area contributed by atoms with Crippen LogP contribution in [0.4, 0.5) is 0 Å². The summed E-state index contributed by atoms with van der Waals surface area (Å²) in [5.41, 5.74) is 8.12. The normalized spacial score (nSPS) is 21.0. The van der Waals surface area contributed by atoms with E-state index in [-0.39, 0.29) is 19.8 Å². The van der Waals surface area contributed by atoms with Gasteiger partial charge in [-0.25, -0.2) is 0 Å². The van der Waals surface area contributed by atoms with Gasteiger partial charge in [-0.15, -0.1) is 0 Å². The van der Waals surface area contributed by atoms with E-state index in [1.165, 1.54) is 11.1 Å². The third-order valence-corrected chi connectivity index (χ3v) is 10.1. The number of hydrogen-bond donors (Lipinski definition) is 1. The van der Waals surface area contributed by atoms with Gasteiger partial charge >= 0.3 is 0 Å². The maximum absolute atomic E-state index is 13.2. The minimum absolute atomic E-state index is 0.150. The van der Waals surface area contributed by atoms with E-state index in [2.05, 4.69) is 37.3 Å². The smallest absolute Gasteiger partial charge is 0.222 e. The molecule has 7 rings (SSSR count). The summed E-state index contributed by atoms with van der Waals surface area (Å²) in [6.07, 6.45) is -1.45. The lowest BCUT2D eigenvalue weighted by Crippen LogP contribution is -2.65. The summed E-state index contributed by atoms with van der Waals surface area (Å²) in [6.45, 7) is 3.51. The van der Waals surface area contributed by atoms with E-state index in [9.17, 15) is 5.11 Å². The molecule has 6 nitrogen and oxygen atoms in total. The van der Waals surface area contributed by atoms with Crippen LogP contribution in [-0.4, -0.2) is 36.1 Å². The Morgan fingerprint density at radius 2 is 0.964 bits per heavy atom. The summed E-state index contributed by atoms with van der Waals surface area (Å²) in [5, 5.41) is 13.2. The highest BCUT2D eigenvalue weighted by molar-refractivity contribution is 5.34. The Bertz CT molecular complexity index is 2010. The van der Waals surface area contributed by atoms with Gasteiger partial charge in [0, 0.05) is 5.56 Å². The zero-order chi connectivity index (χ0) is 37.7. The van der Waals surface area contributed by atoms with Crippen LogP contribution in [0.5, 0.6) is 0 Å². The highest BCUT2D eigenvalue weighted by Gasteiger charge is 2.57. The standard InChI is InChI=1S/C49H50O6/c1-2-37-26-28-38(29-27-37)30-43-24-15-25-44(31-43)49(50)48(54-35-42-22-13-6-14-23-42)47(53-34-41-20-11-5-12-21-41)46(52-33-40-18-9-4-10-19-40)45(55-49)36-51-32-39-16-7-3-8-17-39/h3-29,31,45-48,50H,2,30,32-36H2,1H3/t45-,46-,47+,48-,49?/m1/s1. The molecule has 282 valence electrons. The van der Waals surface area contributed by atoms with Gasteiger partial charge in [0.2, 0.25) is 5.79 Å². The van der Waals surface area contributed by atoms with Crippen molar-refractivity contribution in [3.8, 4) is 0 Å². The Labute approximate surface area is 325 Å². The maximum atomic E-state index is 13.2. The Balaban J connectivity index is 1.27. The number of ether oxygens (including phenoxy) is 5. The molecule has 6 aromatic carbocycles. The zero-order valence-corrected chi connectivity index (χ0v) is 31.4. The van der Waals surface area contributed by atoms with Crippen molar-refractivity contribution in [2.45, 2.75) is 76.4 Å². The molecule has 55 heavy (non-hydrogen) atoms. The number of rotatable bonds is 17. The second kappa shape index (κ2) is 19.1. The summed E-state index contributed by atoms with van der Waals surface area (Å²) in [7, 11) is 0. The molecule has 0 aromatic heterocycles. The number of benzene rings is 6. The largest absolute Gasteiger partial charge is 0.374 e. The van der Waals surface area contributed by atoms with Crippen LogP contribution in [-0.2, 0) is 68.7 Å². The quantitative estimate of drug-likeness (QED) is 0.101. The third kappa shape index (κ3) is 10.2. The second-order valence-corrected chi connectivity index (χ2v) is 14.1. The molecular formula is C49H50O6. The molecule has 0 saturated carbocycles. The average molecular weight is 735 g/mol. The summed E-state index contributed by atoms with van der Waals surface area (Å²) >= 11 is 0. The van der Waals surface area contributed by atoms with Gasteiger partial charge < -0.3 is 28.8 Å². The monoisotopic (exact) mass is 734 g/mol. The van der Waals surface area contributed by atoms with E-state index >= 15 is 0 Å². The topological polar surface area (TPSA) is 66.4 Å². The lowest BCUT2D eigenvalue weighted by Gasteiger charge is -2.50. The van der Waals surface area contributed by atoms with Crippen molar-refractivity contribution in [3.63, 3.8) is 0 Å². The van der Waals surface area contributed by atoms with Gasteiger partial charge in [-0.1, -0.05) is 171 Å². The van der Waals surface area contributed by atoms with E-state index in [1.54, 1.807) is 0 Å². The molecule has 6 aromatic rings. The molecular weight excluding hydrogens is 685 g/mol. The first-order valence-electron chi connectivity index (χ1n) is 19.2. The van der Waals surface area contributed by atoms with Crippen LogP contribution in [0.15, 0.2) is 170 Å². The zero-order valence-electron chi connectivity index (χ0n) is 31.4. The maximum Gasteiger partial charge on any atom is 0.222 e. The van der Waals surface area contributed by atoms with Crippen LogP contribution in [0.3, 0.4) is 0 Å². The van der Waals surface area contributed by atoms with E-state index in [1.807, 2.05) is 140 Å². The number of aryl methyl sites for hydroxylation is 1. The summed E-state index contributed by atoms with van der Waals surface area (Å²) < 4.78 is 33.8. The molecule has 1 unspecified atom stereocenters. The molecule has 0 radical (unpaired) electrons. The predicted molar refractivity (Wildman–Crippen MR) is 215 cm³/mol. The average Bonchev–Trinajstić information content (AvgIpc) is 3.24. The van der Waals surface area contributed by atoms with Crippen molar-refractivity contribution in [2.24, 2.45) is 0 Å². The van der Waals surface area contributed by atoms with Gasteiger partial charge in [0.1, 0.15) is 24.4 Å². The van der Waals surface area contributed by atoms with E-state index in [0.717, 1.165) is 34.2 Å². The fourth-order valence-electron chi connectivity index (χ4n) is 7.12. The molecule has 0 spiro atoms. The number of hydrogen-bond acceptors (Lipinski definition) is 6. The predicted octanol–water partition coefficient (Wildman–Crippen LogP) is 9.36. The fraction of sp³-hybridized carbons (Fsp3) is 0.265. The second-order valence-electron chi connectivity index (χ2n) is 14.1. The van der Waals surface area contributed by atoms with Crippen molar-refractivity contribution >= 4 is 0 Å². The van der Waals surface area contributed by atoms with Gasteiger partial charge in [-0.3, -0.25) is 0 Å². The molecule has 1 saturated heterocycles. The molecule has 1 N–H and O–H groups in total. The highest BCUT2D eigenvalue weighted by Crippen LogP contribution is 2.42. The summed E-state index contributed by atoms with van der Waals surface area (Å²) in [4.78, 5) is 0. The molecule has 0 aliphatic carbocycles. The van der Waals surface area contributed by atoms with Crippen molar-refractivity contribution in [1.29, 1.82) is 0 Å². The minimum atomic E-state index is -1.93. The van der Waals surface area contributed by atoms with E-state index in [4.69, 9.17) is 23.7 Å². The molecule has 1 aliphatic rings. The van der Waals surface area contributed by atoms with Gasteiger partial charge in [0.25, 0.3) is 0 Å². The molecule has 1 fully saturated rings. The molecule has 6 heteroatoms. The summed E-state index contributed by atoms with van der Waals surface area (Å²) in [5.74, 6) is -1.93. The molecule has 0 bridgehead atoms. The lowest BCUT2D eigenvalue weighted by molar-refractivity contribution is -0.378. The van der Waals surface area contributed by atoms with Crippen molar-refractivity contribution in [3.05, 3.63) is 214 Å². The lowest BCUT2D eigenvalue weighted by atomic mass is 9.86. The Hall–Kier alpha value is -4.92. The van der Waals surface area contributed by atoms with Crippen LogP contribution < -0.4 is 0 Å². The first-order valence-corrected chi connectivity index (χ1v) is 19.2. The number of aliphatic hydroxyl groups is 1. The SMILES string of the molecule is CCc1ccc(Cc2cccc(C3(O)O[C@H](COCc4ccccc4)[C@@H](OCc4ccccc4)[C@H](OCc4ccccc4)[C@H]3OCc3ccccc3)c2)cc1. The van der Waals surface area contributed by atoms with Crippen molar-refractivity contribution < 1.29 is 28.8 Å². The minimum Gasteiger partial charge on any atom is -0.374 e. The third-order valence-electron chi connectivity index (χ3n) is 10.1. The first kappa shape index (κ1) is 38.4. The van der Waals surface area contributed by atoms with Crippen LogP contribution >= 0.6 is 0 Å². The van der Waals surface area contributed by atoms with Gasteiger partial charge in [0.15, 0.2) is 0 Å². The van der Waals surface area contributed by atoms with Crippen molar-refractivity contribution in [1.82, 2.24) is 0 Å². The van der Waals surface area contributed by atoms with Crippen LogP contribution in [0.25, 0.3) is 0 Å². The van der Waals surface area contributed by atoms with E-state index in [0.29, 0.717) is 25.2 Å². The van der Waals surface area contributed by atoms with Crippen LogP contribution in [0.2, 0.25) is 0 Å². The van der Waals surface area contributed by atoms with Gasteiger partial charge in [-0.2, -0.15) is 0 Å². The van der Waals surface area contributed by atoms with Crippen molar-refractivity contribution in [2.75, 3.05) is 6.61 Å². The van der Waals surface area contributed by atoms with Crippen LogP contribution in [0.1, 0.15) is 51.4 Å². The Morgan fingerprint density at radius 1 is 0.491 bits per heavy atom. The molecule has 5 atom stereocenters. The van der Waals surface area contributed by atoms with Crippen LogP contribution in [0, 0.1) is 0 Å². The van der Waals surface area contributed by atoms with E-state index < -0.39 is 30.2 Å². The molecule has 0 amide bonds. The van der Waals surface area contributed by atoms with Gasteiger partial charge in [-0.05, 0) is 57.9 Å². The highest BCUT2D eigenvalue weighted by atomic mass is 16.7. The fourth-order valence-corrected chi connectivity index (χ4v) is 7.12. The molecule has 1 heterocycles. The first-order chi connectivity index (χ1) is 27.1. The Morgan fingerprint density at radius 3 is 1.51 bits per heavy atom.